The van der Waals surface area contributed by atoms with Gasteiger partial charge in [0.2, 0.25) is 5.91 Å². The molecule has 31 heavy (non-hydrogen) atoms. The summed E-state index contributed by atoms with van der Waals surface area (Å²) in [7, 11) is -2.32. The van der Waals surface area contributed by atoms with E-state index < -0.39 is 15.8 Å². The Morgan fingerprint density at radius 1 is 1.13 bits per heavy atom. The van der Waals surface area contributed by atoms with Crippen molar-refractivity contribution in [3.8, 4) is 5.75 Å². The second-order valence-electron chi connectivity index (χ2n) is 7.29. The Kier molecular flexibility index (Phi) is 7.62. The van der Waals surface area contributed by atoms with Crippen molar-refractivity contribution in [1.29, 1.82) is 0 Å². The summed E-state index contributed by atoms with van der Waals surface area (Å²) in [5, 5.41) is 2.72. The minimum atomic E-state index is -3.72. The number of anilines is 1. The van der Waals surface area contributed by atoms with Crippen molar-refractivity contribution in [3.05, 3.63) is 53.8 Å². The predicted octanol–water partition coefficient (Wildman–Crippen LogP) is 3.66. The smallest absolute Gasteiger partial charge is 0.262 e. The molecule has 0 saturated heterocycles. The number of hydrogen-bond acceptors (Lipinski definition) is 5. The minimum Gasteiger partial charge on any atom is -0.494 e. The zero-order valence-electron chi connectivity index (χ0n) is 17.4. The van der Waals surface area contributed by atoms with Crippen molar-refractivity contribution in [3.63, 3.8) is 0 Å². The van der Waals surface area contributed by atoms with Crippen LogP contribution < -0.4 is 14.8 Å². The van der Waals surface area contributed by atoms with E-state index in [1.165, 1.54) is 43.5 Å². The Hall–Kier alpha value is -2.94. The molecule has 0 spiro atoms. The molecule has 2 aromatic carbocycles. The number of hydrogen-bond donors (Lipinski definition) is 2. The van der Waals surface area contributed by atoms with Gasteiger partial charge in [0.15, 0.2) is 11.6 Å². The van der Waals surface area contributed by atoms with Gasteiger partial charge in [-0.3, -0.25) is 14.5 Å². The molecule has 1 aliphatic rings. The summed E-state index contributed by atoms with van der Waals surface area (Å²) in [6, 6.07) is 10.5. The molecule has 1 heterocycles. The highest BCUT2D eigenvalue weighted by Crippen LogP contribution is 2.19. The third-order valence-electron chi connectivity index (χ3n) is 4.93. The third-order valence-corrected chi connectivity index (χ3v) is 6.33. The maximum absolute atomic E-state index is 13.7. The number of carbonyl (C=O) groups is 1. The van der Waals surface area contributed by atoms with Gasteiger partial charge in [0.25, 0.3) is 10.0 Å². The van der Waals surface area contributed by atoms with Crippen molar-refractivity contribution in [1.82, 2.24) is 4.72 Å². The number of nitrogens with one attached hydrogen (secondary N) is 2. The van der Waals surface area contributed by atoms with E-state index in [9.17, 15) is 17.6 Å². The van der Waals surface area contributed by atoms with Crippen molar-refractivity contribution in [2.24, 2.45) is 4.99 Å². The number of methoxy groups -OCH3 is 1. The fourth-order valence-electron chi connectivity index (χ4n) is 3.24. The van der Waals surface area contributed by atoms with Gasteiger partial charge in [-0.2, -0.15) is 0 Å². The van der Waals surface area contributed by atoms with Crippen LogP contribution in [0.2, 0.25) is 0 Å². The molecule has 2 N–H and O–H groups in total. The molecule has 0 atom stereocenters. The number of benzene rings is 2. The lowest BCUT2D eigenvalue weighted by Crippen LogP contribution is -2.30. The fraction of sp³-hybridized carbons (Fsp3) is 0.364. The van der Waals surface area contributed by atoms with Crippen LogP contribution in [0.4, 0.5) is 10.1 Å². The molecular weight excluding hydrogens is 421 g/mol. The van der Waals surface area contributed by atoms with Gasteiger partial charge >= 0.3 is 0 Å². The van der Waals surface area contributed by atoms with E-state index >= 15 is 0 Å². The Balaban J connectivity index is 1.55. The lowest BCUT2D eigenvalue weighted by atomic mass is 10.1. The van der Waals surface area contributed by atoms with Gasteiger partial charge in [-0.15, -0.1) is 0 Å². The third kappa shape index (κ3) is 6.52. The monoisotopic (exact) mass is 447 g/mol. The number of carbonyl (C=O) groups excluding carboxylic acids is 1. The first-order chi connectivity index (χ1) is 14.9. The number of sulfonamides is 1. The number of nitrogens with zero attached hydrogens (tertiary/aromatic N) is 1. The first-order valence-electron chi connectivity index (χ1n) is 10.2. The molecule has 0 saturated carbocycles. The van der Waals surface area contributed by atoms with E-state index in [1.54, 1.807) is 6.07 Å². The highest BCUT2D eigenvalue weighted by atomic mass is 32.2. The van der Waals surface area contributed by atoms with E-state index in [0.29, 0.717) is 36.5 Å². The molecular formula is C22H26FN3O4S. The van der Waals surface area contributed by atoms with Gasteiger partial charge in [0, 0.05) is 25.1 Å². The van der Waals surface area contributed by atoms with Crippen LogP contribution >= 0.6 is 0 Å². The van der Waals surface area contributed by atoms with Crippen LogP contribution in [0.3, 0.4) is 0 Å². The van der Waals surface area contributed by atoms with Crippen LogP contribution in [-0.2, 0) is 21.2 Å². The fourth-order valence-corrected chi connectivity index (χ4v) is 4.32. The average molecular weight is 448 g/mol. The number of amides is 1. The Labute approximate surface area is 181 Å². The SMILES string of the molecule is COc1ccc(CCC(=O)Nc2ccc(S(=O)(=O)NC3=NCCCCC3)cc2)cc1F. The quantitative estimate of drug-likeness (QED) is 0.677. The van der Waals surface area contributed by atoms with Gasteiger partial charge in [-0.25, -0.2) is 12.8 Å². The van der Waals surface area contributed by atoms with Gasteiger partial charge < -0.3 is 10.1 Å². The highest BCUT2D eigenvalue weighted by Gasteiger charge is 2.17. The van der Waals surface area contributed by atoms with Gasteiger partial charge in [0.1, 0.15) is 5.84 Å². The van der Waals surface area contributed by atoms with Crippen molar-refractivity contribution >= 4 is 27.5 Å². The number of aliphatic imine (C=N–C) groups is 1. The lowest BCUT2D eigenvalue weighted by Gasteiger charge is -2.11. The maximum atomic E-state index is 13.7. The molecule has 1 aliphatic heterocycles. The number of rotatable bonds is 7. The molecule has 3 rings (SSSR count). The van der Waals surface area contributed by atoms with E-state index in [2.05, 4.69) is 15.0 Å². The molecule has 0 unspecified atom stereocenters. The topological polar surface area (TPSA) is 96.9 Å². The summed E-state index contributed by atoms with van der Waals surface area (Å²) in [6.07, 6.45) is 4.06. The summed E-state index contributed by atoms with van der Waals surface area (Å²) in [5.74, 6) is -0.0768. The second-order valence-corrected chi connectivity index (χ2v) is 8.97. The van der Waals surface area contributed by atoms with Gasteiger partial charge in [-0.05, 0) is 61.2 Å². The molecule has 7 nitrogen and oxygen atoms in total. The van der Waals surface area contributed by atoms with Gasteiger partial charge in [-0.1, -0.05) is 12.5 Å². The first kappa shape index (κ1) is 22.7. The highest BCUT2D eigenvalue weighted by molar-refractivity contribution is 7.90. The molecule has 0 aromatic heterocycles. The molecule has 0 aliphatic carbocycles. The van der Waals surface area contributed by atoms with Crippen molar-refractivity contribution in [2.45, 2.75) is 43.4 Å². The van der Waals surface area contributed by atoms with Gasteiger partial charge in [0.05, 0.1) is 12.0 Å². The van der Waals surface area contributed by atoms with E-state index in [0.717, 1.165) is 19.3 Å². The number of amidine groups is 1. The number of halogens is 1. The molecule has 2 aromatic rings. The minimum absolute atomic E-state index is 0.103. The molecule has 0 bridgehead atoms. The summed E-state index contributed by atoms with van der Waals surface area (Å²) in [6.45, 7) is 0.631. The number of aryl methyl sites for hydroxylation is 1. The number of ether oxygens (including phenoxy) is 1. The predicted molar refractivity (Wildman–Crippen MR) is 117 cm³/mol. The Morgan fingerprint density at radius 3 is 2.61 bits per heavy atom. The normalized spacial score (nSPS) is 14.3. The zero-order chi connectivity index (χ0) is 22.3. The lowest BCUT2D eigenvalue weighted by molar-refractivity contribution is -0.116. The van der Waals surface area contributed by atoms with E-state index in [-0.39, 0.29) is 23.0 Å². The van der Waals surface area contributed by atoms with Crippen LogP contribution in [0.15, 0.2) is 52.4 Å². The standard InChI is InChI=1S/C22H26FN3O4S/c1-30-20-12-6-16(15-19(20)23)7-13-22(27)25-17-8-10-18(11-9-17)31(28,29)26-21-5-3-2-4-14-24-21/h6,8-12,15H,2-5,7,13-14H2,1H3,(H,24,26)(H,25,27). The first-order valence-corrected chi connectivity index (χ1v) is 11.6. The summed E-state index contributed by atoms with van der Waals surface area (Å²) >= 11 is 0. The summed E-state index contributed by atoms with van der Waals surface area (Å²) in [4.78, 5) is 16.6. The van der Waals surface area contributed by atoms with E-state index in [1.807, 2.05) is 0 Å². The van der Waals surface area contributed by atoms with Crippen LogP contribution in [0.5, 0.6) is 5.75 Å². The van der Waals surface area contributed by atoms with Crippen molar-refractivity contribution in [2.75, 3.05) is 19.0 Å². The zero-order valence-corrected chi connectivity index (χ0v) is 18.2. The molecule has 0 fully saturated rings. The molecule has 0 radical (unpaired) electrons. The van der Waals surface area contributed by atoms with Crippen LogP contribution in [-0.4, -0.2) is 33.8 Å². The average Bonchev–Trinajstić information content (AvgIpc) is 3.01. The Morgan fingerprint density at radius 2 is 1.90 bits per heavy atom. The van der Waals surface area contributed by atoms with Crippen molar-refractivity contribution < 1.29 is 22.3 Å². The van der Waals surface area contributed by atoms with Crippen LogP contribution in [0, 0.1) is 5.82 Å². The molecule has 9 heteroatoms. The van der Waals surface area contributed by atoms with Crippen LogP contribution in [0.25, 0.3) is 0 Å². The summed E-state index contributed by atoms with van der Waals surface area (Å²) < 4.78 is 46.3. The van der Waals surface area contributed by atoms with Crippen LogP contribution in [0.1, 0.15) is 37.7 Å². The Bertz CT molecular complexity index is 1050. The molecule has 1 amide bonds. The largest absolute Gasteiger partial charge is 0.494 e. The van der Waals surface area contributed by atoms with E-state index in [4.69, 9.17) is 4.74 Å². The second kappa shape index (κ2) is 10.4. The molecule has 166 valence electrons. The summed E-state index contributed by atoms with van der Waals surface area (Å²) in [5.41, 5.74) is 1.17. The maximum Gasteiger partial charge on any atom is 0.262 e.